The van der Waals surface area contributed by atoms with E-state index in [1.165, 1.54) is 0 Å². The number of rotatable bonds is 3. The predicted molar refractivity (Wildman–Crippen MR) is 104 cm³/mol. The molecule has 5 heteroatoms. The topological polar surface area (TPSA) is 47.9 Å². The zero-order valence-electron chi connectivity index (χ0n) is 14.5. The van der Waals surface area contributed by atoms with Gasteiger partial charge in [0.2, 0.25) is 0 Å². The van der Waals surface area contributed by atoms with Crippen molar-refractivity contribution in [2.75, 3.05) is 14.2 Å². The van der Waals surface area contributed by atoms with Crippen LogP contribution in [0.5, 0.6) is 17.2 Å². The van der Waals surface area contributed by atoms with Gasteiger partial charge in [-0.3, -0.25) is 0 Å². The Labute approximate surface area is 160 Å². The first-order valence-corrected chi connectivity index (χ1v) is 9.19. The molecule has 0 spiro atoms. The molecule has 1 N–H and O–H groups in total. The van der Waals surface area contributed by atoms with E-state index in [9.17, 15) is 5.11 Å². The molecule has 0 aliphatic carbocycles. The summed E-state index contributed by atoms with van der Waals surface area (Å²) in [6, 6.07) is 15.9. The molecule has 3 aromatic rings. The second-order valence-electron chi connectivity index (χ2n) is 6.30. The SMILES string of the molecule is COc1cc(C2CC(O)c3ccc4ccccc4c3O2)cc(Br)c1OC. The highest BCUT2D eigenvalue weighted by Crippen LogP contribution is 2.46. The highest BCUT2D eigenvalue weighted by molar-refractivity contribution is 9.10. The summed E-state index contributed by atoms with van der Waals surface area (Å²) in [7, 11) is 3.21. The third-order valence-electron chi connectivity index (χ3n) is 4.79. The maximum atomic E-state index is 10.7. The van der Waals surface area contributed by atoms with E-state index in [1.54, 1.807) is 14.2 Å². The van der Waals surface area contributed by atoms with Crippen LogP contribution in [0.15, 0.2) is 53.0 Å². The Balaban J connectivity index is 1.80. The Bertz CT molecular complexity index is 970. The third-order valence-corrected chi connectivity index (χ3v) is 5.38. The molecule has 0 saturated carbocycles. The van der Waals surface area contributed by atoms with Crippen molar-refractivity contribution < 1.29 is 19.3 Å². The van der Waals surface area contributed by atoms with Crippen LogP contribution in [0.1, 0.15) is 29.8 Å². The Morgan fingerprint density at radius 2 is 1.88 bits per heavy atom. The molecule has 2 unspecified atom stereocenters. The van der Waals surface area contributed by atoms with Crippen molar-refractivity contribution in [2.45, 2.75) is 18.6 Å². The minimum absolute atomic E-state index is 0.278. The van der Waals surface area contributed by atoms with Crippen LogP contribution in [0.25, 0.3) is 10.8 Å². The van der Waals surface area contributed by atoms with Gasteiger partial charge in [-0.2, -0.15) is 0 Å². The van der Waals surface area contributed by atoms with Crippen LogP contribution in [-0.4, -0.2) is 19.3 Å². The van der Waals surface area contributed by atoms with Crippen molar-refractivity contribution in [1.82, 2.24) is 0 Å². The van der Waals surface area contributed by atoms with Gasteiger partial charge >= 0.3 is 0 Å². The van der Waals surface area contributed by atoms with Crippen LogP contribution in [0.2, 0.25) is 0 Å². The summed E-state index contributed by atoms with van der Waals surface area (Å²) < 4.78 is 18.0. The molecule has 2 atom stereocenters. The van der Waals surface area contributed by atoms with Gasteiger partial charge in [-0.05, 0) is 39.0 Å². The van der Waals surface area contributed by atoms with E-state index >= 15 is 0 Å². The Hall–Kier alpha value is -2.24. The van der Waals surface area contributed by atoms with Crippen molar-refractivity contribution in [3.8, 4) is 17.2 Å². The van der Waals surface area contributed by atoms with Crippen LogP contribution in [0, 0.1) is 0 Å². The number of methoxy groups -OCH3 is 2. The molecule has 134 valence electrons. The van der Waals surface area contributed by atoms with Crippen LogP contribution < -0.4 is 14.2 Å². The molecule has 3 aromatic carbocycles. The Kier molecular flexibility index (Phi) is 4.51. The minimum atomic E-state index is -0.583. The van der Waals surface area contributed by atoms with Crippen molar-refractivity contribution in [2.24, 2.45) is 0 Å². The standard InChI is InChI=1S/C21H19BrO4/c1-24-19-10-13(9-16(22)21(19)25-2)18-11-17(23)15-8-7-12-5-3-4-6-14(12)20(15)26-18/h3-10,17-18,23H,11H2,1-2H3. The number of hydrogen-bond acceptors (Lipinski definition) is 4. The van der Waals surface area contributed by atoms with E-state index in [2.05, 4.69) is 15.9 Å². The number of hydrogen-bond donors (Lipinski definition) is 1. The Morgan fingerprint density at radius 1 is 1.08 bits per heavy atom. The first kappa shape index (κ1) is 17.2. The van der Waals surface area contributed by atoms with Gasteiger partial charge in [-0.1, -0.05) is 36.4 Å². The largest absolute Gasteiger partial charge is 0.493 e. The minimum Gasteiger partial charge on any atom is -0.493 e. The molecule has 26 heavy (non-hydrogen) atoms. The van der Waals surface area contributed by atoms with E-state index in [0.717, 1.165) is 32.1 Å². The molecule has 4 nitrogen and oxygen atoms in total. The smallest absolute Gasteiger partial charge is 0.174 e. The fourth-order valence-corrected chi connectivity index (χ4v) is 4.12. The monoisotopic (exact) mass is 414 g/mol. The number of fused-ring (bicyclic) bond motifs is 3. The third kappa shape index (κ3) is 2.81. The number of aliphatic hydroxyl groups excluding tert-OH is 1. The lowest BCUT2D eigenvalue weighted by molar-refractivity contribution is 0.0670. The van der Waals surface area contributed by atoms with E-state index in [-0.39, 0.29) is 6.10 Å². The van der Waals surface area contributed by atoms with Crippen molar-refractivity contribution in [3.05, 3.63) is 64.1 Å². The molecule has 0 amide bonds. The lowest BCUT2D eigenvalue weighted by Crippen LogP contribution is -2.19. The molecule has 0 bridgehead atoms. The van der Waals surface area contributed by atoms with Gasteiger partial charge in [-0.15, -0.1) is 0 Å². The average Bonchev–Trinajstić information content (AvgIpc) is 2.67. The molecule has 0 aromatic heterocycles. The van der Waals surface area contributed by atoms with Gasteiger partial charge in [0.1, 0.15) is 11.9 Å². The Morgan fingerprint density at radius 3 is 2.65 bits per heavy atom. The maximum Gasteiger partial charge on any atom is 0.174 e. The molecule has 0 radical (unpaired) electrons. The summed E-state index contributed by atoms with van der Waals surface area (Å²) >= 11 is 3.53. The predicted octanol–water partition coefficient (Wildman–Crippen LogP) is 5.18. The molecule has 0 fully saturated rings. The number of aliphatic hydroxyl groups is 1. The van der Waals surface area contributed by atoms with Gasteiger partial charge in [0.25, 0.3) is 0 Å². The molecular weight excluding hydrogens is 396 g/mol. The zero-order valence-corrected chi connectivity index (χ0v) is 16.1. The zero-order chi connectivity index (χ0) is 18.3. The summed E-state index contributed by atoms with van der Waals surface area (Å²) in [6.07, 6.45) is -0.382. The van der Waals surface area contributed by atoms with Crippen molar-refractivity contribution in [3.63, 3.8) is 0 Å². The van der Waals surface area contributed by atoms with Crippen LogP contribution in [0.3, 0.4) is 0 Å². The van der Waals surface area contributed by atoms with Crippen molar-refractivity contribution >= 4 is 26.7 Å². The van der Waals surface area contributed by atoms with Crippen LogP contribution in [-0.2, 0) is 0 Å². The fourth-order valence-electron chi connectivity index (χ4n) is 3.50. The second kappa shape index (κ2) is 6.82. The summed E-state index contributed by atoms with van der Waals surface area (Å²) in [6.45, 7) is 0. The van der Waals surface area contributed by atoms with Gasteiger partial charge in [0, 0.05) is 17.4 Å². The van der Waals surface area contributed by atoms with E-state index in [1.807, 2.05) is 48.5 Å². The van der Waals surface area contributed by atoms with Gasteiger partial charge in [-0.25, -0.2) is 0 Å². The molecule has 1 aliphatic heterocycles. The average molecular weight is 415 g/mol. The molecule has 0 saturated heterocycles. The normalized spacial score (nSPS) is 18.9. The van der Waals surface area contributed by atoms with Gasteiger partial charge < -0.3 is 19.3 Å². The fraction of sp³-hybridized carbons (Fsp3) is 0.238. The number of halogens is 1. The van der Waals surface area contributed by atoms with Gasteiger partial charge in [0.05, 0.1) is 24.8 Å². The van der Waals surface area contributed by atoms with Crippen molar-refractivity contribution in [1.29, 1.82) is 0 Å². The van der Waals surface area contributed by atoms with E-state index in [4.69, 9.17) is 14.2 Å². The molecular formula is C21H19BrO4. The highest BCUT2D eigenvalue weighted by atomic mass is 79.9. The molecule has 4 rings (SSSR count). The van der Waals surface area contributed by atoms with E-state index < -0.39 is 6.10 Å². The number of benzene rings is 3. The first-order chi connectivity index (χ1) is 12.6. The summed E-state index contributed by atoms with van der Waals surface area (Å²) in [4.78, 5) is 0. The quantitative estimate of drug-likeness (QED) is 0.641. The van der Waals surface area contributed by atoms with E-state index in [0.29, 0.717) is 17.9 Å². The van der Waals surface area contributed by atoms with Crippen LogP contribution >= 0.6 is 15.9 Å². The summed E-state index contributed by atoms with van der Waals surface area (Å²) in [5.74, 6) is 2.01. The lowest BCUT2D eigenvalue weighted by Gasteiger charge is -2.31. The number of ether oxygens (including phenoxy) is 3. The molecule has 1 aliphatic rings. The first-order valence-electron chi connectivity index (χ1n) is 8.40. The lowest BCUT2D eigenvalue weighted by atomic mass is 9.92. The summed E-state index contributed by atoms with van der Waals surface area (Å²) in [5, 5.41) is 12.8. The van der Waals surface area contributed by atoms with Crippen LogP contribution in [0.4, 0.5) is 0 Å². The summed E-state index contributed by atoms with van der Waals surface area (Å²) in [5.41, 5.74) is 1.76. The molecule has 1 heterocycles. The highest BCUT2D eigenvalue weighted by Gasteiger charge is 2.30. The maximum absolute atomic E-state index is 10.7. The van der Waals surface area contributed by atoms with Gasteiger partial charge in [0.15, 0.2) is 11.5 Å². The second-order valence-corrected chi connectivity index (χ2v) is 7.16.